The lowest BCUT2D eigenvalue weighted by Gasteiger charge is -2.28. The van der Waals surface area contributed by atoms with Gasteiger partial charge in [-0.3, -0.25) is 0 Å². The molecule has 0 aromatic carbocycles. The third kappa shape index (κ3) is 4.15. The molecule has 1 N–H and O–H groups in total. The van der Waals surface area contributed by atoms with Crippen molar-refractivity contribution in [2.45, 2.75) is 39.3 Å². The molecule has 2 rings (SSSR count). The summed E-state index contributed by atoms with van der Waals surface area (Å²) in [6, 6.07) is 4.69. The Bertz CT molecular complexity index is 392. The van der Waals surface area contributed by atoms with Crippen LogP contribution in [0.15, 0.2) is 12.1 Å². The molecule has 0 amide bonds. The van der Waals surface area contributed by atoms with Crippen LogP contribution in [-0.4, -0.2) is 54.4 Å². The number of anilines is 1. The molecule has 1 aromatic rings. The van der Waals surface area contributed by atoms with Crippen LogP contribution >= 0.6 is 0 Å². The van der Waals surface area contributed by atoms with Crippen LogP contribution in [0.1, 0.15) is 32.4 Å². The Morgan fingerprint density at radius 1 is 1.30 bits per heavy atom. The third-order valence-electron chi connectivity index (χ3n) is 3.78. The first kappa shape index (κ1) is 15.2. The van der Waals surface area contributed by atoms with E-state index in [4.69, 9.17) is 0 Å². The highest BCUT2D eigenvalue weighted by molar-refractivity contribution is 5.39. The standard InChI is InChI=1S/C15H27N5/c1-4-8-16-11-14-6-7-15(18-17-14)20-10-5-9-19(3)12-13(20)2/h6-7,13,16H,4-5,8-12H2,1-3H3. The molecule has 20 heavy (non-hydrogen) atoms. The zero-order chi connectivity index (χ0) is 14.4. The number of likely N-dealkylation sites (N-methyl/N-ethyl adjacent to an activating group) is 1. The lowest BCUT2D eigenvalue weighted by molar-refractivity contribution is 0.337. The van der Waals surface area contributed by atoms with E-state index in [0.717, 1.165) is 50.7 Å². The fraction of sp³-hybridized carbons (Fsp3) is 0.733. The Kier molecular flexibility index (Phi) is 5.73. The highest BCUT2D eigenvalue weighted by atomic mass is 15.3. The van der Waals surface area contributed by atoms with Crippen LogP contribution in [0.5, 0.6) is 0 Å². The van der Waals surface area contributed by atoms with Crippen molar-refractivity contribution in [2.75, 3.05) is 38.1 Å². The average molecular weight is 277 g/mol. The molecule has 1 atom stereocenters. The molecule has 5 nitrogen and oxygen atoms in total. The molecule has 0 radical (unpaired) electrons. The molecular formula is C15H27N5. The summed E-state index contributed by atoms with van der Waals surface area (Å²) in [5.41, 5.74) is 1.02. The summed E-state index contributed by atoms with van der Waals surface area (Å²) in [4.78, 5) is 4.76. The lowest BCUT2D eigenvalue weighted by Crippen LogP contribution is -2.38. The Balaban J connectivity index is 1.97. The summed E-state index contributed by atoms with van der Waals surface area (Å²) in [5.74, 6) is 1.01. The van der Waals surface area contributed by atoms with Gasteiger partial charge in [0, 0.05) is 25.7 Å². The van der Waals surface area contributed by atoms with E-state index in [9.17, 15) is 0 Å². The first-order valence-corrected chi connectivity index (χ1v) is 7.69. The van der Waals surface area contributed by atoms with Crippen LogP contribution in [0.4, 0.5) is 5.82 Å². The maximum atomic E-state index is 4.42. The second-order valence-corrected chi connectivity index (χ2v) is 5.72. The Morgan fingerprint density at radius 3 is 2.85 bits per heavy atom. The lowest BCUT2D eigenvalue weighted by atomic mass is 10.2. The monoisotopic (exact) mass is 277 g/mol. The normalized spacial score (nSPS) is 20.9. The van der Waals surface area contributed by atoms with Gasteiger partial charge in [-0.25, -0.2) is 0 Å². The summed E-state index contributed by atoms with van der Waals surface area (Å²) in [6.07, 6.45) is 2.33. The number of hydrogen-bond donors (Lipinski definition) is 1. The number of nitrogens with zero attached hydrogens (tertiary/aromatic N) is 4. The molecule has 1 aromatic heterocycles. The predicted molar refractivity (Wildman–Crippen MR) is 83.0 cm³/mol. The van der Waals surface area contributed by atoms with Crippen molar-refractivity contribution in [1.82, 2.24) is 20.4 Å². The fourth-order valence-electron chi connectivity index (χ4n) is 2.71. The van der Waals surface area contributed by atoms with E-state index in [1.807, 2.05) is 0 Å². The van der Waals surface area contributed by atoms with Crippen LogP contribution in [0.25, 0.3) is 0 Å². The smallest absolute Gasteiger partial charge is 0.151 e. The van der Waals surface area contributed by atoms with Crippen LogP contribution < -0.4 is 10.2 Å². The number of aromatic nitrogens is 2. The van der Waals surface area contributed by atoms with Gasteiger partial charge in [0.05, 0.1) is 5.69 Å². The van der Waals surface area contributed by atoms with Crippen LogP contribution in [0.2, 0.25) is 0 Å². The average Bonchev–Trinajstić information content (AvgIpc) is 2.61. The van der Waals surface area contributed by atoms with Crippen molar-refractivity contribution in [3.05, 3.63) is 17.8 Å². The van der Waals surface area contributed by atoms with Gasteiger partial charge in [-0.1, -0.05) is 6.92 Å². The third-order valence-corrected chi connectivity index (χ3v) is 3.78. The van der Waals surface area contributed by atoms with Crippen molar-refractivity contribution in [3.8, 4) is 0 Å². The quantitative estimate of drug-likeness (QED) is 0.827. The summed E-state index contributed by atoms with van der Waals surface area (Å²) >= 11 is 0. The second kappa shape index (κ2) is 7.55. The summed E-state index contributed by atoms with van der Waals surface area (Å²) in [7, 11) is 2.19. The van der Waals surface area contributed by atoms with Gasteiger partial charge >= 0.3 is 0 Å². The molecule has 0 spiro atoms. The van der Waals surface area contributed by atoms with E-state index < -0.39 is 0 Å². The van der Waals surface area contributed by atoms with Crippen LogP contribution in [0, 0.1) is 0 Å². The van der Waals surface area contributed by atoms with Gasteiger partial charge in [0.15, 0.2) is 5.82 Å². The highest BCUT2D eigenvalue weighted by Gasteiger charge is 2.20. The largest absolute Gasteiger partial charge is 0.351 e. The minimum absolute atomic E-state index is 0.487. The Hall–Kier alpha value is -1.20. The molecule has 1 aliphatic rings. The Labute approximate surface area is 122 Å². The molecule has 2 heterocycles. The van der Waals surface area contributed by atoms with Crippen molar-refractivity contribution >= 4 is 5.82 Å². The van der Waals surface area contributed by atoms with E-state index in [1.54, 1.807) is 0 Å². The molecular weight excluding hydrogens is 250 g/mol. The van der Waals surface area contributed by atoms with Crippen molar-refractivity contribution < 1.29 is 0 Å². The van der Waals surface area contributed by atoms with Gasteiger partial charge in [0.2, 0.25) is 0 Å². The first-order valence-electron chi connectivity index (χ1n) is 7.69. The first-order chi connectivity index (χ1) is 9.70. The maximum absolute atomic E-state index is 4.42. The zero-order valence-electron chi connectivity index (χ0n) is 13.0. The molecule has 5 heteroatoms. The molecule has 1 fully saturated rings. The predicted octanol–water partition coefficient (Wildman–Crippen LogP) is 1.51. The molecule has 0 bridgehead atoms. The number of rotatable bonds is 5. The number of nitrogens with one attached hydrogen (secondary N) is 1. The topological polar surface area (TPSA) is 44.3 Å². The van der Waals surface area contributed by atoms with E-state index >= 15 is 0 Å². The van der Waals surface area contributed by atoms with Gasteiger partial charge < -0.3 is 15.1 Å². The molecule has 1 saturated heterocycles. The minimum atomic E-state index is 0.487. The summed E-state index contributed by atoms with van der Waals surface area (Å²) in [5, 5.41) is 12.1. The van der Waals surface area contributed by atoms with Crippen molar-refractivity contribution in [2.24, 2.45) is 0 Å². The number of hydrogen-bond acceptors (Lipinski definition) is 5. The second-order valence-electron chi connectivity index (χ2n) is 5.72. The molecule has 0 saturated carbocycles. The molecule has 1 unspecified atom stereocenters. The van der Waals surface area contributed by atoms with Crippen LogP contribution in [-0.2, 0) is 6.54 Å². The van der Waals surface area contributed by atoms with Crippen molar-refractivity contribution in [1.29, 1.82) is 0 Å². The summed E-state index contributed by atoms with van der Waals surface area (Å²) in [6.45, 7) is 9.57. The summed E-state index contributed by atoms with van der Waals surface area (Å²) < 4.78 is 0. The van der Waals surface area contributed by atoms with E-state index in [-0.39, 0.29) is 0 Å². The highest BCUT2D eigenvalue weighted by Crippen LogP contribution is 2.17. The zero-order valence-corrected chi connectivity index (χ0v) is 13.0. The van der Waals surface area contributed by atoms with Gasteiger partial charge in [-0.05, 0) is 52.0 Å². The van der Waals surface area contributed by atoms with Gasteiger partial charge in [0.25, 0.3) is 0 Å². The van der Waals surface area contributed by atoms with Crippen molar-refractivity contribution in [3.63, 3.8) is 0 Å². The molecule has 1 aliphatic heterocycles. The molecule has 0 aliphatic carbocycles. The van der Waals surface area contributed by atoms with E-state index in [2.05, 4.69) is 58.3 Å². The fourth-order valence-corrected chi connectivity index (χ4v) is 2.71. The van der Waals surface area contributed by atoms with Crippen LogP contribution in [0.3, 0.4) is 0 Å². The SMILES string of the molecule is CCCNCc1ccc(N2CCCN(C)CC2C)nn1. The van der Waals surface area contributed by atoms with Gasteiger partial charge in [-0.2, -0.15) is 5.10 Å². The Morgan fingerprint density at radius 2 is 2.15 bits per heavy atom. The van der Waals surface area contributed by atoms with Gasteiger partial charge in [0.1, 0.15) is 0 Å². The van der Waals surface area contributed by atoms with E-state index in [0.29, 0.717) is 6.04 Å². The maximum Gasteiger partial charge on any atom is 0.151 e. The van der Waals surface area contributed by atoms with Gasteiger partial charge in [-0.15, -0.1) is 5.10 Å². The van der Waals surface area contributed by atoms with E-state index in [1.165, 1.54) is 6.42 Å². The minimum Gasteiger partial charge on any atom is -0.351 e. The molecule has 112 valence electrons.